The molecule has 0 fully saturated rings. The normalized spacial score (nSPS) is 19.6. The van der Waals surface area contributed by atoms with E-state index in [-0.39, 0.29) is 5.92 Å². The minimum atomic E-state index is -1.12. The minimum Gasteiger partial charge on any atom is -0.480 e. The Kier molecular flexibility index (Phi) is 3.31. The summed E-state index contributed by atoms with van der Waals surface area (Å²) in [7, 11) is 0. The molecular formula is C6H12BrNO2. The van der Waals surface area contributed by atoms with Crippen LogP contribution >= 0.6 is 15.9 Å². The van der Waals surface area contributed by atoms with Crippen LogP contribution in [0.15, 0.2) is 0 Å². The summed E-state index contributed by atoms with van der Waals surface area (Å²) in [4.78, 5) is 10.5. The number of halogens is 1. The number of carboxylic acids is 1. The van der Waals surface area contributed by atoms with Gasteiger partial charge in [-0.15, -0.1) is 0 Å². The maximum Gasteiger partial charge on any atom is 0.323 e. The lowest BCUT2D eigenvalue weighted by Gasteiger charge is -2.24. The third-order valence-corrected chi connectivity index (χ3v) is 2.69. The van der Waals surface area contributed by atoms with Crippen LogP contribution in [0.2, 0.25) is 0 Å². The van der Waals surface area contributed by atoms with Gasteiger partial charge < -0.3 is 10.8 Å². The standard InChI is InChI=1S/C6H12BrNO2/c1-4(3-7)6(2,8)5(9)10/h4H,3,8H2,1-2H3,(H,9,10). The highest BCUT2D eigenvalue weighted by Gasteiger charge is 2.33. The lowest BCUT2D eigenvalue weighted by Crippen LogP contribution is -2.51. The average Bonchev–Trinajstić information content (AvgIpc) is 1.86. The second-order valence-electron chi connectivity index (χ2n) is 2.64. The fourth-order valence-electron chi connectivity index (χ4n) is 0.371. The van der Waals surface area contributed by atoms with Crippen LogP contribution in [-0.2, 0) is 4.79 Å². The number of rotatable bonds is 3. The average molecular weight is 210 g/mol. The summed E-state index contributed by atoms with van der Waals surface area (Å²) >= 11 is 3.18. The Hall–Kier alpha value is -0.0900. The molecule has 0 bridgehead atoms. The molecule has 3 nitrogen and oxygen atoms in total. The Balaban J connectivity index is 4.23. The lowest BCUT2D eigenvalue weighted by atomic mass is 9.90. The van der Waals surface area contributed by atoms with Crippen molar-refractivity contribution in [3.05, 3.63) is 0 Å². The first-order valence-electron chi connectivity index (χ1n) is 3.01. The van der Waals surface area contributed by atoms with Crippen molar-refractivity contribution in [2.45, 2.75) is 19.4 Å². The first kappa shape index (κ1) is 9.91. The van der Waals surface area contributed by atoms with Crippen LogP contribution in [0, 0.1) is 5.92 Å². The SMILES string of the molecule is CC(CBr)C(C)(N)C(=O)O. The van der Waals surface area contributed by atoms with Gasteiger partial charge in [-0.2, -0.15) is 0 Å². The smallest absolute Gasteiger partial charge is 0.323 e. The maximum absolute atomic E-state index is 10.5. The molecule has 0 aliphatic rings. The highest BCUT2D eigenvalue weighted by Crippen LogP contribution is 2.15. The van der Waals surface area contributed by atoms with Crippen molar-refractivity contribution >= 4 is 21.9 Å². The molecule has 0 aromatic heterocycles. The fraction of sp³-hybridized carbons (Fsp3) is 0.833. The second kappa shape index (κ2) is 3.34. The Labute approximate surface area is 68.7 Å². The molecule has 0 amide bonds. The molecule has 10 heavy (non-hydrogen) atoms. The van der Waals surface area contributed by atoms with Gasteiger partial charge in [-0.05, 0) is 12.8 Å². The molecule has 2 atom stereocenters. The summed E-state index contributed by atoms with van der Waals surface area (Å²) in [6.45, 7) is 3.31. The van der Waals surface area contributed by atoms with E-state index >= 15 is 0 Å². The van der Waals surface area contributed by atoms with Gasteiger partial charge in [0.1, 0.15) is 5.54 Å². The van der Waals surface area contributed by atoms with E-state index in [0.29, 0.717) is 5.33 Å². The first-order valence-corrected chi connectivity index (χ1v) is 4.13. The molecule has 0 rings (SSSR count). The molecule has 0 spiro atoms. The van der Waals surface area contributed by atoms with Gasteiger partial charge in [-0.25, -0.2) is 0 Å². The molecule has 0 aliphatic heterocycles. The van der Waals surface area contributed by atoms with Crippen molar-refractivity contribution in [2.24, 2.45) is 11.7 Å². The Morgan fingerprint density at radius 1 is 1.90 bits per heavy atom. The molecule has 0 aromatic rings. The van der Waals surface area contributed by atoms with Gasteiger partial charge in [0.2, 0.25) is 0 Å². The zero-order valence-corrected chi connectivity index (χ0v) is 7.68. The van der Waals surface area contributed by atoms with Gasteiger partial charge >= 0.3 is 5.97 Å². The Morgan fingerprint density at radius 3 is 2.40 bits per heavy atom. The van der Waals surface area contributed by atoms with Gasteiger partial charge in [0, 0.05) is 5.33 Å². The molecule has 0 saturated heterocycles. The lowest BCUT2D eigenvalue weighted by molar-refractivity contribution is -0.144. The summed E-state index contributed by atoms with van der Waals surface area (Å²) < 4.78 is 0. The zero-order chi connectivity index (χ0) is 8.36. The van der Waals surface area contributed by atoms with E-state index in [9.17, 15) is 4.79 Å². The second-order valence-corrected chi connectivity index (χ2v) is 3.29. The van der Waals surface area contributed by atoms with Gasteiger partial charge in [-0.1, -0.05) is 22.9 Å². The van der Waals surface area contributed by atoms with E-state index in [2.05, 4.69) is 15.9 Å². The number of carbonyl (C=O) groups is 1. The molecular weight excluding hydrogens is 198 g/mol. The molecule has 0 heterocycles. The zero-order valence-electron chi connectivity index (χ0n) is 6.10. The number of nitrogens with two attached hydrogens (primary N) is 1. The van der Waals surface area contributed by atoms with Gasteiger partial charge in [-0.3, -0.25) is 4.79 Å². The largest absolute Gasteiger partial charge is 0.480 e. The van der Waals surface area contributed by atoms with Crippen molar-refractivity contribution in [3.8, 4) is 0 Å². The number of carboxylic acid groups (broad SMARTS) is 1. The molecule has 0 radical (unpaired) electrons. The summed E-state index contributed by atoms with van der Waals surface area (Å²) in [6.07, 6.45) is 0. The van der Waals surface area contributed by atoms with E-state index in [1.807, 2.05) is 0 Å². The van der Waals surface area contributed by atoms with E-state index in [4.69, 9.17) is 10.8 Å². The summed E-state index contributed by atoms with van der Waals surface area (Å²) in [5.74, 6) is -1.02. The summed E-state index contributed by atoms with van der Waals surface area (Å²) in [5, 5.41) is 9.20. The van der Waals surface area contributed by atoms with E-state index < -0.39 is 11.5 Å². The third-order valence-electron chi connectivity index (χ3n) is 1.72. The van der Waals surface area contributed by atoms with Crippen molar-refractivity contribution in [1.82, 2.24) is 0 Å². The predicted molar refractivity (Wildman–Crippen MR) is 43.2 cm³/mol. The van der Waals surface area contributed by atoms with Crippen LogP contribution in [0.4, 0.5) is 0 Å². The summed E-state index contributed by atoms with van der Waals surface area (Å²) in [5.41, 5.74) is 4.36. The quantitative estimate of drug-likeness (QED) is 0.677. The van der Waals surface area contributed by atoms with Crippen LogP contribution in [0.5, 0.6) is 0 Å². The van der Waals surface area contributed by atoms with Crippen LogP contribution in [0.25, 0.3) is 0 Å². The predicted octanol–water partition coefficient (Wildman–Crippen LogP) is 0.819. The molecule has 4 heteroatoms. The van der Waals surface area contributed by atoms with Gasteiger partial charge in [0.25, 0.3) is 0 Å². The number of aliphatic carboxylic acids is 1. The first-order chi connectivity index (χ1) is 4.42. The Morgan fingerprint density at radius 2 is 2.30 bits per heavy atom. The van der Waals surface area contributed by atoms with E-state index in [1.54, 1.807) is 6.92 Å². The highest BCUT2D eigenvalue weighted by atomic mass is 79.9. The molecule has 2 unspecified atom stereocenters. The molecule has 0 saturated carbocycles. The monoisotopic (exact) mass is 209 g/mol. The van der Waals surface area contributed by atoms with Crippen molar-refractivity contribution in [3.63, 3.8) is 0 Å². The topological polar surface area (TPSA) is 63.3 Å². The van der Waals surface area contributed by atoms with Gasteiger partial charge in [0.05, 0.1) is 0 Å². The maximum atomic E-state index is 10.5. The molecule has 0 aromatic carbocycles. The third kappa shape index (κ3) is 1.95. The van der Waals surface area contributed by atoms with E-state index in [1.165, 1.54) is 6.92 Å². The molecule has 60 valence electrons. The molecule has 3 N–H and O–H groups in total. The highest BCUT2D eigenvalue weighted by molar-refractivity contribution is 9.09. The fourth-order valence-corrected chi connectivity index (χ4v) is 1.04. The minimum absolute atomic E-state index is 0.0648. The van der Waals surface area contributed by atoms with Crippen molar-refractivity contribution < 1.29 is 9.90 Å². The van der Waals surface area contributed by atoms with Crippen LogP contribution < -0.4 is 5.73 Å². The van der Waals surface area contributed by atoms with Crippen LogP contribution in [-0.4, -0.2) is 21.9 Å². The molecule has 0 aliphatic carbocycles. The van der Waals surface area contributed by atoms with Crippen LogP contribution in [0.3, 0.4) is 0 Å². The van der Waals surface area contributed by atoms with Crippen molar-refractivity contribution in [2.75, 3.05) is 5.33 Å². The number of hydrogen-bond acceptors (Lipinski definition) is 2. The summed E-state index contributed by atoms with van der Waals surface area (Å²) in [6, 6.07) is 0. The van der Waals surface area contributed by atoms with Crippen molar-refractivity contribution in [1.29, 1.82) is 0 Å². The van der Waals surface area contributed by atoms with E-state index in [0.717, 1.165) is 0 Å². The number of alkyl halides is 1. The van der Waals surface area contributed by atoms with Crippen LogP contribution in [0.1, 0.15) is 13.8 Å². The Bertz CT molecular complexity index is 136. The van der Waals surface area contributed by atoms with Gasteiger partial charge in [0.15, 0.2) is 0 Å². The number of hydrogen-bond donors (Lipinski definition) is 2.